The Morgan fingerprint density at radius 1 is 1.33 bits per heavy atom. The van der Waals surface area contributed by atoms with Gasteiger partial charge in [-0.05, 0) is 50.5 Å². The van der Waals surface area contributed by atoms with Crippen LogP contribution in [-0.2, 0) is 4.79 Å². The molecule has 0 aromatic heterocycles. The van der Waals surface area contributed by atoms with Gasteiger partial charge in [0.2, 0.25) is 5.91 Å². The van der Waals surface area contributed by atoms with Gasteiger partial charge in [0, 0.05) is 24.6 Å². The van der Waals surface area contributed by atoms with Gasteiger partial charge < -0.3 is 10.6 Å². The molecule has 0 saturated carbocycles. The fourth-order valence-electron chi connectivity index (χ4n) is 3.21. The predicted octanol–water partition coefficient (Wildman–Crippen LogP) is 3.19. The Morgan fingerprint density at radius 3 is 2.54 bits per heavy atom. The zero-order valence-electron chi connectivity index (χ0n) is 14.3. The van der Waals surface area contributed by atoms with Crippen LogP contribution < -0.4 is 5.73 Å². The van der Waals surface area contributed by atoms with Crippen molar-refractivity contribution in [1.29, 1.82) is 0 Å². The van der Waals surface area contributed by atoms with Crippen molar-refractivity contribution >= 4 is 24.1 Å². The molecule has 134 valence electrons. The molecule has 1 aromatic rings. The maximum Gasteiger partial charge on any atom is 0.242 e. The number of halogens is 2. The Morgan fingerprint density at radius 2 is 1.96 bits per heavy atom. The molecule has 0 radical (unpaired) electrons. The Balaban J connectivity index is 0.00000288. The first kappa shape index (κ1) is 20.6. The lowest BCUT2D eigenvalue weighted by molar-refractivity contribution is -0.138. The minimum Gasteiger partial charge on any atom is -0.340 e. The van der Waals surface area contributed by atoms with E-state index in [1.165, 1.54) is 24.3 Å². The summed E-state index contributed by atoms with van der Waals surface area (Å²) in [6, 6.07) is 5.58. The summed E-state index contributed by atoms with van der Waals surface area (Å²) in [5.41, 5.74) is 5.75. The summed E-state index contributed by atoms with van der Waals surface area (Å²) in [5.74, 6) is -0.719. The quantitative estimate of drug-likeness (QED) is 0.824. The van der Waals surface area contributed by atoms with Crippen molar-refractivity contribution in [1.82, 2.24) is 4.90 Å². The number of benzene rings is 1. The van der Waals surface area contributed by atoms with Crippen molar-refractivity contribution in [2.45, 2.75) is 45.1 Å². The number of Topliss-reactive ketones (excluding diaryl/α,β-unsaturated/α-hetero) is 1. The van der Waals surface area contributed by atoms with Gasteiger partial charge in [-0.25, -0.2) is 4.39 Å². The minimum atomic E-state index is -0.879. The van der Waals surface area contributed by atoms with E-state index in [0.717, 1.165) is 19.3 Å². The van der Waals surface area contributed by atoms with Crippen LogP contribution in [0.3, 0.4) is 0 Å². The van der Waals surface area contributed by atoms with Crippen LogP contribution in [0.5, 0.6) is 0 Å². The fraction of sp³-hybridized carbons (Fsp3) is 0.556. The highest BCUT2D eigenvalue weighted by Gasteiger charge is 2.36. The number of nitrogens with zero attached hydrogens (tertiary/aromatic N) is 1. The second-order valence-electron chi connectivity index (χ2n) is 6.63. The lowest BCUT2D eigenvalue weighted by Gasteiger charge is -2.37. The summed E-state index contributed by atoms with van der Waals surface area (Å²) in [7, 11) is 0. The molecular formula is C18H26ClFN2O2. The average molecular weight is 357 g/mol. The van der Waals surface area contributed by atoms with Crippen molar-refractivity contribution in [2.24, 2.45) is 11.7 Å². The third kappa shape index (κ3) is 4.77. The Kier molecular flexibility index (Phi) is 7.36. The zero-order valence-corrected chi connectivity index (χ0v) is 15.1. The maximum atomic E-state index is 13.0. The monoisotopic (exact) mass is 356 g/mol. The topological polar surface area (TPSA) is 63.4 Å². The molecule has 2 atom stereocenters. The lowest BCUT2D eigenvalue weighted by Crippen LogP contribution is -2.56. The van der Waals surface area contributed by atoms with Gasteiger partial charge in [-0.1, -0.05) is 13.3 Å². The van der Waals surface area contributed by atoms with E-state index in [1.54, 1.807) is 11.8 Å². The van der Waals surface area contributed by atoms with Gasteiger partial charge in [-0.15, -0.1) is 12.4 Å². The molecule has 4 nitrogen and oxygen atoms in total. The summed E-state index contributed by atoms with van der Waals surface area (Å²) in [6.07, 6.45) is 2.99. The molecule has 24 heavy (non-hydrogen) atoms. The number of amides is 1. The van der Waals surface area contributed by atoms with Crippen molar-refractivity contribution < 1.29 is 14.0 Å². The molecule has 1 aromatic carbocycles. The summed E-state index contributed by atoms with van der Waals surface area (Å²) < 4.78 is 13.0. The highest BCUT2D eigenvalue weighted by atomic mass is 35.5. The molecule has 2 unspecified atom stereocenters. The molecule has 0 aliphatic carbocycles. The minimum absolute atomic E-state index is 0. The van der Waals surface area contributed by atoms with Crippen LogP contribution in [0.4, 0.5) is 4.39 Å². The molecule has 1 amide bonds. The van der Waals surface area contributed by atoms with Crippen LogP contribution in [0.15, 0.2) is 24.3 Å². The van der Waals surface area contributed by atoms with Crippen LogP contribution in [0.1, 0.15) is 49.9 Å². The molecule has 0 spiro atoms. The standard InChI is InChI=1S/C18H25FN2O2.ClH/c1-3-10-18(2,20)17(23)21-11-4-5-14(12-21)16(22)13-6-8-15(19)9-7-13;/h6-9,14H,3-5,10-12,20H2,1-2H3;1H. The largest absolute Gasteiger partial charge is 0.340 e. The Hall–Kier alpha value is -1.46. The SMILES string of the molecule is CCCC(C)(N)C(=O)N1CCCC(C(=O)c2ccc(F)cc2)C1.Cl. The Labute approximate surface area is 149 Å². The van der Waals surface area contributed by atoms with Crippen LogP contribution in [0.25, 0.3) is 0 Å². The summed E-state index contributed by atoms with van der Waals surface area (Å²) in [6.45, 7) is 4.79. The number of hydrogen-bond acceptors (Lipinski definition) is 3. The molecule has 1 fully saturated rings. The average Bonchev–Trinajstić information content (AvgIpc) is 2.54. The molecule has 2 rings (SSSR count). The van der Waals surface area contributed by atoms with E-state index < -0.39 is 5.54 Å². The normalized spacial score (nSPS) is 20.0. The summed E-state index contributed by atoms with van der Waals surface area (Å²) in [5, 5.41) is 0. The van der Waals surface area contributed by atoms with E-state index >= 15 is 0 Å². The van der Waals surface area contributed by atoms with Gasteiger partial charge >= 0.3 is 0 Å². The van der Waals surface area contributed by atoms with Crippen LogP contribution in [-0.4, -0.2) is 35.2 Å². The van der Waals surface area contributed by atoms with Crippen LogP contribution >= 0.6 is 12.4 Å². The van der Waals surface area contributed by atoms with Crippen molar-refractivity contribution in [3.63, 3.8) is 0 Å². The third-order valence-electron chi connectivity index (χ3n) is 4.47. The first-order valence-corrected chi connectivity index (χ1v) is 8.23. The van der Waals surface area contributed by atoms with Gasteiger partial charge in [-0.2, -0.15) is 0 Å². The second kappa shape index (κ2) is 8.58. The molecule has 1 aliphatic rings. The molecule has 0 bridgehead atoms. The van der Waals surface area contributed by atoms with Gasteiger partial charge in [-0.3, -0.25) is 9.59 Å². The lowest BCUT2D eigenvalue weighted by atomic mass is 9.88. The molecule has 1 saturated heterocycles. The molecule has 6 heteroatoms. The van der Waals surface area contributed by atoms with Gasteiger partial charge in [0.25, 0.3) is 0 Å². The van der Waals surface area contributed by atoms with Crippen LogP contribution in [0.2, 0.25) is 0 Å². The predicted molar refractivity (Wildman–Crippen MR) is 94.8 cm³/mol. The highest BCUT2D eigenvalue weighted by molar-refractivity contribution is 5.98. The van der Waals surface area contributed by atoms with E-state index in [9.17, 15) is 14.0 Å². The third-order valence-corrected chi connectivity index (χ3v) is 4.47. The second-order valence-corrected chi connectivity index (χ2v) is 6.63. The van der Waals surface area contributed by atoms with E-state index in [4.69, 9.17) is 5.73 Å². The number of nitrogens with two attached hydrogens (primary N) is 1. The molecule has 2 N–H and O–H groups in total. The van der Waals surface area contributed by atoms with Gasteiger partial charge in [0.15, 0.2) is 5.78 Å². The fourth-order valence-corrected chi connectivity index (χ4v) is 3.21. The number of rotatable bonds is 5. The van der Waals surface area contributed by atoms with Crippen LogP contribution in [0, 0.1) is 11.7 Å². The highest BCUT2D eigenvalue weighted by Crippen LogP contribution is 2.24. The molecular weight excluding hydrogens is 331 g/mol. The number of piperidine rings is 1. The first-order chi connectivity index (χ1) is 10.8. The maximum absolute atomic E-state index is 13.0. The molecule has 1 heterocycles. The summed E-state index contributed by atoms with van der Waals surface area (Å²) >= 11 is 0. The van der Waals surface area contributed by atoms with E-state index in [1.807, 2.05) is 6.92 Å². The van der Waals surface area contributed by atoms with Gasteiger partial charge in [0.05, 0.1) is 5.54 Å². The van der Waals surface area contributed by atoms with E-state index in [2.05, 4.69) is 0 Å². The summed E-state index contributed by atoms with van der Waals surface area (Å²) in [4.78, 5) is 26.9. The first-order valence-electron chi connectivity index (χ1n) is 8.23. The zero-order chi connectivity index (χ0) is 17.0. The number of likely N-dealkylation sites (tertiary alicyclic amines) is 1. The van der Waals surface area contributed by atoms with Crippen molar-refractivity contribution in [3.8, 4) is 0 Å². The van der Waals surface area contributed by atoms with Crippen molar-refractivity contribution in [3.05, 3.63) is 35.6 Å². The Bertz CT molecular complexity index is 575. The smallest absolute Gasteiger partial charge is 0.242 e. The number of hydrogen-bond donors (Lipinski definition) is 1. The number of ketones is 1. The molecule has 1 aliphatic heterocycles. The van der Waals surface area contributed by atoms with Gasteiger partial charge in [0.1, 0.15) is 5.82 Å². The number of carbonyl (C=O) groups excluding carboxylic acids is 2. The van der Waals surface area contributed by atoms with E-state index in [0.29, 0.717) is 25.1 Å². The van der Waals surface area contributed by atoms with E-state index in [-0.39, 0.29) is 35.8 Å². The van der Waals surface area contributed by atoms with Crippen molar-refractivity contribution in [2.75, 3.05) is 13.1 Å². The number of carbonyl (C=O) groups is 2.